The molecule has 0 amide bonds. The largest absolute Gasteiger partial charge is 0.268 e. The number of fused-ring (bicyclic) bond motifs is 3. The first kappa shape index (κ1) is 18.3. The van der Waals surface area contributed by atoms with Crippen LogP contribution in [0.1, 0.15) is 32.3 Å². The Hall–Kier alpha value is -3.11. The Kier molecular flexibility index (Phi) is 4.65. The van der Waals surface area contributed by atoms with Gasteiger partial charge in [0.1, 0.15) is 0 Å². The van der Waals surface area contributed by atoms with Crippen molar-refractivity contribution in [2.24, 2.45) is 0 Å². The first-order valence-corrected chi connectivity index (χ1v) is 9.95. The highest BCUT2D eigenvalue weighted by Gasteiger charge is 2.20. The van der Waals surface area contributed by atoms with Gasteiger partial charge >= 0.3 is 0 Å². The highest BCUT2D eigenvalue weighted by Crippen LogP contribution is 2.28. The SMILES string of the molecule is CC(C#N)Sc1nnc2n(-c3ccccc3C(C)C)c(=O)c3ccccc3n12. The van der Waals surface area contributed by atoms with Crippen LogP contribution >= 0.6 is 11.8 Å². The standard InChI is InChI=1S/C21H19N5OS/c1-13(2)15-8-4-6-10-17(15)25-19(27)16-9-5-7-11-18(16)26-20(25)23-24-21(26)28-14(3)12-22/h4-11,13-14H,1-3H3. The molecule has 4 rings (SSSR count). The van der Waals surface area contributed by atoms with Crippen LogP contribution < -0.4 is 5.56 Å². The molecule has 0 aliphatic rings. The first-order valence-electron chi connectivity index (χ1n) is 9.07. The third-order valence-corrected chi connectivity index (χ3v) is 5.59. The van der Waals surface area contributed by atoms with Crippen molar-refractivity contribution in [1.29, 1.82) is 5.26 Å². The Labute approximate surface area is 166 Å². The number of aromatic nitrogens is 4. The topological polar surface area (TPSA) is 76.0 Å². The summed E-state index contributed by atoms with van der Waals surface area (Å²) in [6.07, 6.45) is 0. The third kappa shape index (κ3) is 2.86. The molecule has 2 aromatic heterocycles. The lowest BCUT2D eigenvalue weighted by molar-refractivity contribution is 0.837. The van der Waals surface area contributed by atoms with Crippen LogP contribution in [0.25, 0.3) is 22.4 Å². The van der Waals surface area contributed by atoms with Crippen molar-refractivity contribution in [2.45, 2.75) is 37.1 Å². The van der Waals surface area contributed by atoms with Crippen LogP contribution in [0.2, 0.25) is 0 Å². The van der Waals surface area contributed by atoms with E-state index in [2.05, 4.69) is 30.1 Å². The summed E-state index contributed by atoms with van der Waals surface area (Å²) in [5, 5.41) is 18.7. The monoisotopic (exact) mass is 389 g/mol. The molecule has 1 atom stereocenters. The van der Waals surface area contributed by atoms with Gasteiger partial charge in [-0.25, -0.2) is 4.57 Å². The highest BCUT2D eigenvalue weighted by molar-refractivity contribution is 8.00. The van der Waals surface area contributed by atoms with Gasteiger partial charge in [-0.2, -0.15) is 5.26 Å². The van der Waals surface area contributed by atoms with Crippen LogP contribution in [0, 0.1) is 11.3 Å². The summed E-state index contributed by atoms with van der Waals surface area (Å²) in [5.74, 6) is 0.689. The van der Waals surface area contributed by atoms with Crippen molar-refractivity contribution in [1.82, 2.24) is 19.2 Å². The van der Waals surface area contributed by atoms with Gasteiger partial charge in [0.2, 0.25) is 5.78 Å². The predicted molar refractivity (Wildman–Crippen MR) is 111 cm³/mol. The molecule has 140 valence electrons. The smallest absolute Gasteiger partial charge is 0.267 e. The first-order chi connectivity index (χ1) is 13.5. The van der Waals surface area contributed by atoms with Gasteiger partial charge in [-0.3, -0.25) is 9.20 Å². The Bertz CT molecular complexity index is 1280. The fourth-order valence-electron chi connectivity index (χ4n) is 3.34. The van der Waals surface area contributed by atoms with E-state index in [0.717, 1.165) is 16.8 Å². The number of rotatable bonds is 4. The number of para-hydroxylation sites is 2. The quantitative estimate of drug-likeness (QED) is 0.490. The Balaban J connectivity index is 2.15. The molecule has 7 heteroatoms. The van der Waals surface area contributed by atoms with Crippen molar-refractivity contribution < 1.29 is 0 Å². The molecule has 0 aliphatic heterocycles. The molecular formula is C21H19N5OS. The summed E-state index contributed by atoms with van der Waals surface area (Å²) in [4.78, 5) is 13.4. The zero-order valence-electron chi connectivity index (χ0n) is 15.8. The molecule has 4 aromatic rings. The zero-order chi connectivity index (χ0) is 19.8. The van der Waals surface area contributed by atoms with Crippen LogP contribution in [0.3, 0.4) is 0 Å². The molecule has 0 spiro atoms. The lowest BCUT2D eigenvalue weighted by atomic mass is 10.0. The Morgan fingerprint density at radius 2 is 1.75 bits per heavy atom. The number of benzene rings is 2. The van der Waals surface area contributed by atoms with Gasteiger partial charge < -0.3 is 0 Å². The number of hydrogen-bond acceptors (Lipinski definition) is 5. The van der Waals surface area contributed by atoms with E-state index in [-0.39, 0.29) is 16.7 Å². The summed E-state index contributed by atoms with van der Waals surface area (Å²) in [6.45, 7) is 6.02. The number of nitriles is 1. The van der Waals surface area contributed by atoms with Gasteiger partial charge in [0, 0.05) is 0 Å². The average Bonchev–Trinajstić information content (AvgIpc) is 3.11. The van der Waals surface area contributed by atoms with Crippen LogP contribution in [0.4, 0.5) is 0 Å². The van der Waals surface area contributed by atoms with E-state index in [1.165, 1.54) is 11.8 Å². The zero-order valence-corrected chi connectivity index (χ0v) is 16.6. The van der Waals surface area contributed by atoms with E-state index >= 15 is 0 Å². The Morgan fingerprint density at radius 3 is 2.50 bits per heavy atom. The van der Waals surface area contributed by atoms with Crippen LogP contribution in [0.15, 0.2) is 58.5 Å². The molecule has 0 radical (unpaired) electrons. The van der Waals surface area contributed by atoms with Gasteiger partial charge in [-0.05, 0) is 36.6 Å². The van der Waals surface area contributed by atoms with Gasteiger partial charge in [-0.1, -0.05) is 55.9 Å². The van der Waals surface area contributed by atoms with E-state index in [0.29, 0.717) is 16.3 Å². The minimum absolute atomic E-state index is 0.131. The second-order valence-electron chi connectivity index (χ2n) is 6.88. The molecule has 0 N–H and O–H groups in total. The van der Waals surface area contributed by atoms with E-state index < -0.39 is 0 Å². The summed E-state index contributed by atoms with van der Waals surface area (Å²) in [7, 11) is 0. The molecule has 0 fully saturated rings. The highest BCUT2D eigenvalue weighted by atomic mass is 32.2. The van der Waals surface area contributed by atoms with E-state index in [9.17, 15) is 10.1 Å². The van der Waals surface area contributed by atoms with Gasteiger partial charge in [0.15, 0.2) is 5.16 Å². The molecule has 0 bridgehead atoms. The molecule has 28 heavy (non-hydrogen) atoms. The molecule has 2 heterocycles. The minimum Gasteiger partial charge on any atom is -0.268 e. The van der Waals surface area contributed by atoms with Crippen molar-refractivity contribution in [3.05, 3.63) is 64.4 Å². The molecule has 0 saturated heterocycles. The summed E-state index contributed by atoms with van der Waals surface area (Å²) >= 11 is 1.33. The number of nitrogens with zero attached hydrogens (tertiary/aromatic N) is 5. The fraction of sp³-hybridized carbons (Fsp3) is 0.238. The molecule has 0 aliphatic carbocycles. The molecule has 2 aromatic carbocycles. The second kappa shape index (κ2) is 7.13. The maximum atomic E-state index is 13.4. The van der Waals surface area contributed by atoms with Gasteiger partial charge in [0.25, 0.3) is 5.56 Å². The molecule has 1 unspecified atom stereocenters. The summed E-state index contributed by atoms with van der Waals surface area (Å²) < 4.78 is 3.50. The number of hydrogen-bond donors (Lipinski definition) is 0. The maximum Gasteiger partial charge on any atom is 0.267 e. The maximum absolute atomic E-state index is 13.4. The average molecular weight is 389 g/mol. The third-order valence-electron chi connectivity index (χ3n) is 4.66. The predicted octanol–water partition coefficient (Wildman–Crippen LogP) is 4.16. The van der Waals surface area contributed by atoms with Crippen molar-refractivity contribution in [2.75, 3.05) is 0 Å². The Morgan fingerprint density at radius 1 is 1.04 bits per heavy atom. The minimum atomic E-state index is -0.283. The van der Waals surface area contributed by atoms with Crippen molar-refractivity contribution in [3.63, 3.8) is 0 Å². The van der Waals surface area contributed by atoms with Crippen molar-refractivity contribution in [3.8, 4) is 11.8 Å². The molecular weight excluding hydrogens is 370 g/mol. The van der Waals surface area contributed by atoms with Crippen LogP contribution in [-0.2, 0) is 0 Å². The summed E-state index contributed by atoms with van der Waals surface area (Å²) in [5.41, 5.74) is 2.46. The van der Waals surface area contributed by atoms with E-state index in [4.69, 9.17) is 0 Å². The molecule has 0 saturated carbocycles. The van der Waals surface area contributed by atoms with Gasteiger partial charge in [0.05, 0.1) is 27.9 Å². The van der Waals surface area contributed by atoms with E-state index in [1.807, 2.05) is 59.9 Å². The lowest BCUT2D eigenvalue weighted by Gasteiger charge is -2.16. The van der Waals surface area contributed by atoms with Crippen molar-refractivity contribution >= 4 is 28.4 Å². The number of thioether (sulfide) groups is 1. The van der Waals surface area contributed by atoms with E-state index in [1.54, 1.807) is 4.57 Å². The lowest BCUT2D eigenvalue weighted by Crippen LogP contribution is -2.23. The normalized spacial score (nSPS) is 12.5. The van der Waals surface area contributed by atoms with Crippen LogP contribution in [-0.4, -0.2) is 24.4 Å². The van der Waals surface area contributed by atoms with Gasteiger partial charge in [-0.15, -0.1) is 10.2 Å². The molecule has 6 nitrogen and oxygen atoms in total. The summed E-state index contributed by atoms with van der Waals surface area (Å²) in [6, 6.07) is 17.5. The fourth-order valence-corrected chi connectivity index (χ4v) is 4.08. The second-order valence-corrected chi connectivity index (χ2v) is 8.19. The van der Waals surface area contributed by atoms with Crippen LogP contribution in [0.5, 0.6) is 0 Å².